The summed E-state index contributed by atoms with van der Waals surface area (Å²) in [5, 5.41) is 32.1. The predicted molar refractivity (Wildman–Crippen MR) is 84.1 cm³/mol. The van der Waals surface area contributed by atoms with Crippen molar-refractivity contribution in [2.45, 2.75) is 6.92 Å². The van der Waals surface area contributed by atoms with Crippen LogP contribution < -0.4 is 10.2 Å². The lowest BCUT2D eigenvalue weighted by molar-refractivity contribution is 0.0952. The lowest BCUT2D eigenvalue weighted by Gasteiger charge is -2.06. The van der Waals surface area contributed by atoms with E-state index in [0.29, 0.717) is 17.9 Å². The Balaban J connectivity index is 2.06. The van der Waals surface area contributed by atoms with E-state index in [9.17, 15) is 20.1 Å². The Morgan fingerprint density at radius 1 is 1.17 bits per heavy atom. The van der Waals surface area contributed by atoms with E-state index in [-0.39, 0.29) is 22.8 Å². The first kappa shape index (κ1) is 16.2. The van der Waals surface area contributed by atoms with Crippen LogP contribution in [0.2, 0.25) is 0 Å². The van der Waals surface area contributed by atoms with Gasteiger partial charge < -0.3 is 20.1 Å². The van der Waals surface area contributed by atoms with Gasteiger partial charge >= 0.3 is 0 Å². The summed E-state index contributed by atoms with van der Waals surface area (Å²) in [6, 6.07) is 8.26. The van der Waals surface area contributed by atoms with E-state index >= 15 is 0 Å². The first-order valence-corrected chi connectivity index (χ1v) is 6.82. The molecule has 0 radical (unpaired) electrons. The summed E-state index contributed by atoms with van der Waals surface area (Å²) in [5.41, 5.74) is 2.86. The van der Waals surface area contributed by atoms with Crippen LogP contribution in [0.25, 0.3) is 0 Å². The monoisotopic (exact) mass is 316 g/mol. The predicted octanol–water partition coefficient (Wildman–Crippen LogP) is 1.97. The second-order valence-corrected chi connectivity index (χ2v) is 4.56. The van der Waals surface area contributed by atoms with E-state index in [1.807, 2.05) is 0 Å². The van der Waals surface area contributed by atoms with Gasteiger partial charge in [0.25, 0.3) is 5.91 Å². The standard InChI is InChI=1S/C16H16N2O5/c1-2-23-15-7-10(3-6-13(15)20)9-17-18-16(22)12-5-4-11(19)8-14(12)21/h3-9,19-21H,2H2,1H3,(H,18,22). The van der Waals surface area contributed by atoms with E-state index in [4.69, 9.17) is 4.74 Å². The maximum absolute atomic E-state index is 11.9. The molecule has 0 saturated carbocycles. The molecule has 1 amide bonds. The topological polar surface area (TPSA) is 111 Å². The van der Waals surface area contributed by atoms with Gasteiger partial charge in [-0.25, -0.2) is 5.43 Å². The Morgan fingerprint density at radius 3 is 2.65 bits per heavy atom. The second kappa shape index (κ2) is 7.17. The lowest BCUT2D eigenvalue weighted by Crippen LogP contribution is -2.17. The Kier molecular flexibility index (Phi) is 5.03. The van der Waals surface area contributed by atoms with Crippen LogP contribution in [0.15, 0.2) is 41.5 Å². The number of benzene rings is 2. The highest BCUT2D eigenvalue weighted by molar-refractivity contribution is 5.97. The second-order valence-electron chi connectivity index (χ2n) is 4.56. The summed E-state index contributed by atoms with van der Waals surface area (Å²) in [6.07, 6.45) is 1.37. The van der Waals surface area contributed by atoms with E-state index in [1.54, 1.807) is 19.1 Å². The molecule has 7 nitrogen and oxygen atoms in total. The molecule has 23 heavy (non-hydrogen) atoms. The number of carbonyl (C=O) groups excluding carboxylic acids is 1. The molecule has 0 bridgehead atoms. The Bertz CT molecular complexity index is 743. The number of phenols is 3. The van der Waals surface area contributed by atoms with Crippen molar-refractivity contribution in [3.8, 4) is 23.0 Å². The molecular weight excluding hydrogens is 300 g/mol. The van der Waals surface area contributed by atoms with Crippen LogP contribution in [0, 0.1) is 0 Å². The molecule has 0 spiro atoms. The number of rotatable bonds is 5. The fourth-order valence-corrected chi connectivity index (χ4v) is 1.82. The Hall–Kier alpha value is -3.22. The average Bonchev–Trinajstić information content (AvgIpc) is 2.50. The molecule has 2 aromatic carbocycles. The highest BCUT2D eigenvalue weighted by Gasteiger charge is 2.10. The molecule has 0 aliphatic rings. The fraction of sp³-hybridized carbons (Fsp3) is 0.125. The van der Waals surface area contributed by atoms with Crippen molar-refractivity contribution in [1.82, 2.24) is 5.43 Å². The van der Waals surface area contributed by atoms with Crippen LogP contribution in [-0.4, -0.2) is 34.0 Å². The fourth-order valence-electron chi connectivity index (χ4n) is 1.82. The first-order chi connectivity index (χ1) is 11.0. The van der Waals surface area contributed by atoms with Crippen LogP contribution in [0.5, 0.6) is 23.0 Å². The van der Waals surface area contributed by atoms with E-state index in [1.165, 1.54) is 24.4 Å². The van der Waals surface area contributed by atoms with Crippen molar-refractivity contribution in [3.63, 3.8) is 0 Å². The maximum Gasteiger partial charge on any atom is 0.275 e. The number of phenolic OH excluding ortho intramolecular Hbond substituents is 3. The third-order valence-corrected chi connectivity index (χ3v) is 2.89. The summed E-state index contributed by atoms with van der Waals surface area (Å²) in [5.74, 6) is -0.778. The molecular formula is C16H16N2O5. The van der Waals surface area contributed by atoms with Crippen LogP contribution in [0.4, 0.5) is 0 Å². The highest BCUT2D eigenvalue weighted by atomic mass is 16.5. The van der Waals surface area contributed by atoms with Gasteiger partial charge in [0.1, 0.15) is 11.5 Å². The molecule has 2 rings (SSSR count). The van der Waals surface area contributed by atoms with Gasteiger partial charge in [-0.05, 0) is 42.8 Å². The van der Waals surface area contributed by atoms with Gasteiger partial charge in [-0.3, -0.25) is 4.79 Å². The zero-order chi connectivity index (χ0) is 16.8. The molecule has 4 N–H and O–H groups in total. The van der Waals surface area contributed by atoms with Gasteiger partial charge in [0, 0.05) is 6.07 Å². The summed E-state index contributed by atoms with van der Waals surface area (Å²) in [6.45, 7) is 2.20. The summed E-state index contributed by atoms with van der Waals surface area (Å²) < 4.78 is 5.25. The largest absolute Gasteiger partial charge is 0.508 e. The van der Waals surface area contributed by atoms with Crippen LogP contribution in [0.1, 0.15) is 22.8 Å². The third kappa shape index (κ3) is 4.13. The molecule has 0 unspecified atom stereocenters. The molecule has 0 atom stereocenters. The quantitative estimate of drug-likeness (QED) is 0.498. The number of amides is 1. The highest BCUT2D eigenvalue weighted by Crippen LogP contribution is 2.26. The third-order valence-electron chi connectivity index (χ3n) is 2.89. The normalized spacial score (nSPS) is 10.7. The molecule has 0 saturated heterocycles. The SMILES string of the molecule is CCOc1cc(C=NNC(=O)c2ccc(O)cc2O)ccc1O. The number of hydrazone groups is 1. The zero-order valence-electron chi connectivity index (χ0n) is 12.4. The number of carbonyl (C=O) groups is 1. The van der Waals surface area contributed by atoms with Gasteiger partial charge in [0.2, 0.25) is 0 Å². The molecule has 0 aromatic heterocycles. The number of nitrogens with one attached hydrogen (secondary N) is 1. The summed E-state index contributed by atoms with van der Waals surface area (Å²) >= 11 is 0. The van der Waals surface area contributed by atoms with Crippen LogP contribution in [0.3, 0.4) is 0 Å². The van der Waals surface area contributed by atoms with Crippen molar-refractivity contribution in [2.24, 2.45) is 5.10 Å². The molecule has 0 fully saturated rings. The smallest absolute Gasteiger partial charge is 0.275 e. The number of ether oxygens (including phenoxy) is 1. The van der Waals surface area contributed by atoms with Crippen molar-refractivity contribution in [1.29, 1.82) is 0 Å². The number of nitrogens with zero attached hydrogens (tertiary/aromatic N) is 1. The molecule has 7 heteroatoms. The van der Waals surface area contributed by atoms with Crippen molar-refractivity contribution in [2.75, 3.05) is 6.61 Å². The summed E-state index contributed by atoms with van der Waals surface area (Å²) in [4.78, 5) is 11.9. The number of hydrogen-bond acceptors (Lipinski definition) is 6. The zero-order valence-corrected chi connectivity index (χ0v) is 12.4. The Morgan fingerprint density at radius 2 is 1.96 bits per heavy atom. The van der Waals surface area contributed by atoms with Crippen molar-refractivity contribution in [3.05, 3.63) is 47.5 Å². The van der Waals surface area contributed by atoms with Crippen molar-refractivity contribution < 1.29 is 24.9 Å². The lowest BCUT2D eigenvalue weighted by atomic mass is 10.2. The minimum Gasteiger partial charge on any atom is -0.508 e. The van der Waals surface area contributed by atoms with Gasteiger partial charge in [-0.2, -0.15) is 5.10 Å². The van der Waals surface area contributed by atoms with E-state index in [2.05, 4.69) is 10.5 Å². The van der Waals surface area contributed by atoms with Crippen LogP contribution >= 0.6 is 0 Å². The number of hydrogen-bond donors (Lipinski definition) is 4. The number of aromatic hydroxyl groups is 3. The minimum absolute atomic E-state index is 0.0133. The van der Waals surface area contributed by atoms with Gasteiger partial charge in [0.15, 0.2) is 11.5 Å². The molecule has 0 aliphatic heterocycles. The Labute approximate surface area is 132 Å². The first-order valence-electron chi connectivity index (χ1n) is 6.82. The van der Waals surface area contributed by atoms with Crippen LogP contribution in [-0.2, 0) is 0 Å². The summed E-state index contributed by atoms with van der Waals surface area (Å²) in [7, 11) is 0. The van der Waals surface area contributed by atoms with E-state index in [0.717, 1.165) is 6.07 Å². The van der Waals surface area contributed by atoms with Gasteiger partial charge in [0.05, 0.1) is 18.4 Å². The van der Waals surface area contributed by atoms with Crippen molar-refractivity contribution >= 4 is 12.1 Å². The van der Waals surface area contributed by atoms with Gasteiger partial charge in [-0.1, -0.05) is 0 Å². The molecule has 120 valence electrons. The molecule has 0 aliphatic carbocycles. The maximum atomic E-state index is 11.9. The average molecular weight is 316 g/mol. The molecule has 0 heterocycles. The van der Waals surface area contributed by atoms with E-state index < -0.39 is 5.91 Å². The van der Waals surface area contributed by atoms with Gasteiger partial charge in [-0.15, -0.1) is 0 Å². The minimum atomic E-state index is -0.623. The molecule has 2 aromatic rings.